The van der Waals surface area contributed by atoms with E-state index in [1.165, 1.54) is 18.2 Å². The van der Waals surface area contributed by atoms with Gasteiger partial charge in [-0.15, -0.1) is 0 Å². The molecular formula is C15H17ClN2O5S. The Kier molecular flexibility index (Phi) is 4.54. The highest BCUT2D eigenvalue weighted by atomic mass is 35.5. The van der Waals surface area contributed by atoms with Crippen LogP contribution in [0.4, 0.5) is 5.69 Å². The van der Waals surface area contributed by atoms with Crippen LogP contribution in [0.3, 0.4) is 0 Å². The third-order valence-electron chi connectivity index (χ3n) is 4.12. The summed E-state index contributed by atoms with van der Waals surface area (Å²) in [5, 5.41) is 0.111. The number of benzene rings is 1. The summed E-state index contributed by atoms with van der Waals surface area (Å²) in [4.78, 5) is 26.3. The lowest BCUT2D eigenvalue weighted by atomic mass is 10.1. The van der Waals surface area contributed by atoms with E-state index in [0.29, 0.717) is 24.1 Å². The van der Waals surface area contributed by atoms with Crippen molar-refractivity contribution in [3.8, 4) is 0 Å². The highest BCUT2D eigenvalue weighted by molar-refractivity contribution is 7.94. The average Bonchev–Trinajstić information content (AvgIpc) is 2.81. The van der Waals surface area contributed by atoms with Crippen LogP contribution in [0.2, 0.25) is 5.02 Å². The number of ether oxygens (including phenoxy) is 1. The zero-order valence-corrected chi connectivity index (χ0v) is 14.6. The standard InChI is InChI=1S/C15H17ClN2O5S/c1-10-9-23-6-5-17(10)15(20)11-2-3-12(16)13(8-11)18-14(19)4-7-24(18,21)22/h2-3,8,10H,4-7,9H2,1H3. The minimum Gasteiger partial charge on any atom is -0.377 e. The van der Waals surface area contributed by atoms with Crippen LogP contribution < -0.4 is 4.31 Å². The zero-order valence-electron chi connectivity index (χ0n) is 13.1. The van der Waals surface area contributed by atoms with Gasteiger partial charge < -0.3 is 9.64 Å². The molecule has 7 nitrogen and oxygen atoms in total. The van der Waals surface area contributed by atoms with E-state index in [2.05, 4.69) is 0 Å². The van der Waals surface area contributed by atoms with Gasteiger partial charge in [-0.25, -0.2) is 12.7 Å². The fraction of sp³-hybridized carbons (Fsp3) is 0.467. The first-order valence-corrected chi connectivity index (χ1v) is 9.54. The van der Waals surface area contributed by atoms with Crippen molar-refractivity contribution in [1.29, 1.82) is 0 Å². The quantitative estimate of drug-likeness (QED) is 0.780. The molecule has 1 unspecified atom stereocenters. The predicted molar refractivity (Wildman–Crippen MR) is 88.7 cm³/mol. The summed E-state index contributed by atoms with van der Waals surface area (Å²) >= 11 is 6.08. The molecule has 1 aromatic rings. The summed E-state index contributed by atoms with van der Waals surface area (Å²) in [6, 6.07) is 4.26. The van der Waals surface area contributed by atoms with Crippen molar-refractivity contribution in [1.82, 2.24) is 4.90 Å². The lowest BCUT2D eigenvalue weighted by Gasteiger charge is -2.33. The van der Waals surface area contributed by atoms with Crippen molar-refractivity contribution < 1.29 is 22.7 Å². The largest absolute Gasteiger partial charge is 0.377 e. The van der Waals surface area contributed by atoms with E-state index in [9.17, 15) is 18.0 Å². The third kappa shape index (κ3) is 3.01. The second kappa shape index (κ2) is 6.34. The molecule has 0 N–H and O–H groups in total. The number of carbonyl (C=O) groups excluding carboxylic acids is 2. The molecule has 1 aromatic carbocycles. The SMILES string of the molecule is CC1COCCN1C(=O)c1ccc(Cl)c(N2C(=O)CCS2(=O)=O)c1. The van der Waals surface area contributed by atoms with Crippen molar-refractivity contribution in [2.75, 3.05) is 29.8 Å². The molecule has 0 aliphatic carbocycles. The van der Waals surface area contributed by atoms with Gasteiger partial charge in [-0.3, -0.25) is 9.59 Å². The maximum Gasteiger partial charge on any atom is 0.254 e. The number of halogens is 1. The molecule has 24 heavy (non-hydrogen) atoms. The fourth-order valence-electron chi connectivity index (χ4n) is 2.84. The second-order valence-electron chi connectivity index (χ2n) is 5.81. The molecule has 2 heterocycles. The second-order valence-corrected chi connectivity index (χ2v) is 8.16. The summed E-state index contributed by atoms with van der Waals surface area (Å²) in [5.41, 5.74) is 0.323. The van der Waals surface area contributed by atoms with Crippen LogP contribution in [0.1, 0.15) is 23.7 Å². The van der Waals surface area contributed by atoms with Crippen molar-refractivity contribution in [2.45, 2.75) is 19.4 Å². The summed E-state index contributed by atoms with van der Waals surface area (Å²) in [6.45, 7) is 3.24. The van der Waals surface area contributed by atoms with Crippen LogP contribution in [-0.4, -0.2) is 56.7 Å². The van der Waals surface area contributed by atoms with E-state index >= 15 is 0 Å². The van der Waals surface area contributed by atoms with Crippen LogP contribution in [0.15, 0.2) is 18.2 Å². The van der Waals surface area contributed by atoms with E-state index in [1.54, 1.807) is 4.90 Å². The molecule has 3 rings (SSSR count). The van der Waals surface area contributed by atoms with Gasteiger partial charge in [0.2, 0.25) is 15.9 Å². The molecule has 2 saturated heterocycles. The molecular weight excluding hydrogens is 356 g/mol. The van der Waals surface area contributed by atoms with Crippen LogP contribution in [0, 0.1) is 0 Å². The predicted octanol–water partition coefficient (Wildman–Crippen LogP) is 1.27. The van der Waals surface area contributed by atoms with E-state index in [1.807, 2.05) is 6.92 Å². The minimum absolute atomic E-state index is 0.0333. The normalized spacial score (nSPS) is 23.6. The van der Waals surface area contributed by atoms with Gasteiger partial charge in [0.05, 0.1) is 35.7 Å². The topological polar surface area (TPSA) is 84.0 Å². The van der Waals surface area contributed by atoms with E-state index in [4.69, 9.17) is 16.3 Å². The van der Waals surface area contributed by atoms with E-state index in [-0.39, 0.29) is 40.4 Å². The average molecular weight is 373 g/mol. The van der Waals surface area contributed by atoms with Gasteiger partial charge in [-0.05, 0) is 25.1 Å². The first-order valence-electron chi connectivity index (χ1n) is 7.55. The lowest BCUT2D eigenvalue weighted by molar-refractivity contribution is -0.116. The van der Waals surface area contributed by atoms with E-state index in [0.717, 1.165) is 0 Å². The Morgan fingerprint density at radius 3 is 2.75 bits per heavy atom. The molecule has 2 fully saturated rings. The van der Waals surface area contributed by atoms with Gasteiger partial charge in [-0.1, -0.05) is 11.6 Å². The number of carbonyl (C=O) groups is 2. The van der Waals surface area contributed by atoms with Crippen LogP contribution in [0.25, 0.3) is 0 Å². The molecule has 0 aromatic heterocycles. The van der Waals surface area contributed by atoms with Crippen LogP contribution >= 0.6 is 11.6 Å². The first-order chi connectivity index (χ1) is 11.3. The smallest absolute Gasteiger partial charge is 0.254 e. The highest BCUT2D eigenvalue weighted by Gasteiger charge is 2.38. The number of hydrogen-bond acceptors (Lipinski definition) is 5. The number of sulfonamides is 1. The number of amides is 2. The molecule has 2 amide bonds. The molecule has 0 saturated carbocycles. The monoisotopic (exact) mass is 372 g/mol. The molecule has 9 heteroatoms. The fourth-order valence-corrected chi connectivity index (χ4v) is 4.56. The minimum atomic E-state index is -3.74. The van der Waals surface area contributed by atoms with Gasteiger partial charge in [0.15, 0.2) is 0 Å². The Hall–Kier alpha value is -1.64. The van der Waals surface area contributed by atoms with Gasteiger partial charge in [0.25, 0.3) is 5.91 Å². The summed E-state index contributed by atoms with van der Waals surface area (Å²) < 4.78 is 30.2. The van der Waals surface area contributed by atoms with Crippen molar-refractivity contribution >= 4 is 39.1 Å². The summed E-state index contributed by atoms with van der Waals surface area (Å²) in [5.74, 6) is -1.03. The van der Waals surface area contributed by atoms with Gasteiger partial charge >= 0.3 is 0 Å². The maximum absolute atomic E-state index is 12.7. The molecule has 1 atom stereocenters. The number of rotatable bonds is 2. The van der Waals surface area contributed by atoms with Gasteiger partial charge in [0.1, 0.15) is 0 Å². The van der Waals surface area contributed by atoms with Gasteiger partial charge in [-0.2, -0.15) is 0 Å². The van der Waals surface area contributed by atoms with Crippen molar-refractivity contribution in [3.05, 3.63) is 28.8 Å². The maximum atomic E-state index is 12.7. The zero-order chi connectivity index (χ0) is 17.5. The Morgan fingerprint density at radius 2 is 2.12 bits per heavy atom. The molecule has 0 bridgehead atoms. The lowest BCUT2D eigenvalue weighted by Crippen LogP contribution is -2.47. The van der Waals surface area contributed by atoms with Crippen LogP contribution in [-0.2, 0) is 19.6 Å². The van der Waals surface area contributed by atoms with Crippen molar-refractivity contribution in [2.24, 2.45) is 0 Å². The van der Waals surface area contributed by atoms with Crippen molar-refractivity contribution in [3.63, 3.8) is 0 Å². The Labute approximate surface area is 145 Å². The number of nitrogens with zero attached hydrogens (tertiary/aromatic N) is 2. The number of hydrogen-bond donors (Lipinski definition) is 0. The first kappa shape index (κ1) is 17.2. The Bertz CT molecular complexity index is 795. The Balaban J connectivity index is 1.97. The summed E-state index contributed by atoms with van der Waals surface area (Å²) in [6.07, 6.45) is -0.0860. The Morgan fingerprint density at radius 1 is 1.38 bits per heavy atom. The molecule has 0 radical (unpaired) electrons. The van der Waals surface area contributed by atoms with E-state index < -0.39 is 15.9 Å². The van der Waals surface area contributed by atoms with Crippen LogP contribution in [0.5, 0.6) is 0 Å². The number of morpholine rings is 1. The molecule has 130 valence electrons. The molecule has 0 spiro atoms. The highest BCUT2D eigenvalue weighted by Crippen LogP contribution is 2.33. The third-order valence-corrected chi connectivity index (χ3v) is 6.12. The van der Waals surface area contributed by atoms with Gasteiger partial charge in [0, 0.05) is 18.5 Å². The summed E-state index contributed by atoms with van der Waals surface area (Å²) in [7, 11) is -3.74. The molecule has 2 aliphatic heterocycles. The molecule has 2 aliphatic rings. The number of anilines is 1.